The average Bonchev–Trinajstić information content (AvgIpc) is 2.49. The van der Waals surface area contributed by atoms with Gasteiger partial charge in [0, 0.05) is 10.6 Å². The van der Waals surface area contributed by atoms with Gasteiger partial charge in [-0.2, -0.15) is 0 Å². The third-order valence-corrected chi connectivity index (χ3v) is 4.08. The van der Waals surface area contributed by atoms with Gasteiger partial charge in [-0.15, -0.1) is 11.8 Å². The zero-order valence-electron chi connectivity index (χ0n) is 8.76. The molecule has 2 heteroatoms. The van der Waals surface area contributed by atoms with E-state index in [1.54, 1.807) is 11.8 Å². The first-order valence-corrected chi connectivity index (χ1v) is 6.32. The number of aliphatic hydroxyl groups is 1. The summed E-state index contributed by atoms with van der Waals surface area (Å²) in [5.74, 6) is 0.935. The van der Waals surface area contributed by atoms with E-state index in [9.17, 15) is 5.11 Å². The Kier molecular flexibility index (Phi) is 2.46. The van der Waals surface area contributed by atoms with Gasteiger partial charge < -0.3 is 5.11 Å². The first kappa shape index (κ1) is 9.94. The molecule has 16 heavy (non-hydrogen) atoms. The van der Waals surface area contributed by atoms with E-state index in [1.165, 1.54) is 10.5 Å². The molecule has 0 aromatic heterocycles. The molecule has 1 heterocycles. The van der Waals surface area contributed by atoms with E-state index in [-0.39, 0.29) is 0 Å². The van der Waals surface area contributed by atoms with Crippen molar-refractivity contribution >= 4 is 11.8 Å². The van der Waals surface area contributed by atoms with Crippen molar-refractivity contribution in [2.45, 2.75) is 16.8 Å². The van der Waals surface area contributed by atoms with E-state index in [2.05, 4.69) is 12.1 Å². The summed E-state index contributed by atoms with van der Waals surface area (Å²) in [6.45, 7) is 0. The summed E-state index contributed by atoms with van der Waals surface area (Å²) in [5, 5.41) is 10.4. The molecule has 3 rings (SSSR count). The summed E-state index contributed by atoms with van der Waals surface area (Å²) in [5.41, 5.74) is 3.30. The van der Waals surface area contributed by atoms with Crippen LogP contribution in [0, 0.1) is 0 Å². The number of benzene rings is 2. The predicted octanol–water partition coefficient (Wildman–Crippen LogP) is 3.37. The lowest BCUT2D eigenvalue weighted by Crippen LogP contribution is -2.01. The molecule has 1 aliphatic heterocycles. The van der Waals surface area contributed by atoms with E-state index in [1.807, 2.05) is 36.4 Å². The highest BCUT2D eigenvalue weighted by Crippen LogP contribution is 2.38. The SMILES string of the molecule is O[C@H]1c2ccccc2CSc2ccccc21. The van der Waals surface area contributed by atoms with Crippen LogP contribution in [-0.4, -0.2) is 5.11 Å². The highest BCUT2D eigenvalue weighted by atomic mass is 32.2. The van der Waals surface area contributed by atoms with Gasteiger partial charge in [0.05, 0.1) is 0 Å². The fourth-order valence-electron chi connectivity index (χ4n) is 2.09. The van der Waals surface area contributed by atoms with Crippen LogP contribution in [0.15, 0.2) is 53.4 Å². The molecule has 1 nitrogen and oxygen atoms in total. The van der Waals surface area contributed by atoms with E-state index in [0.29, 0.717) is 0 Å². The van der Waals surface area contributed by atoms with Crippen molar-refractivity contribution < 1.29 is 5.11 Å². The molecule has 1 atom stereocenters. The lowest BCUT2D eigenvalue weighted by molar-refractivity contribution is 0.217. The van der Waals surface area contributed by atoms with Crippen molar-refractivity contribution in [3.8, 4) is 0 Å². The van der Waals surface area contributed by atoms with E-state index in [0.717, 1.165) is 16.9 Å². The molecule has 80 valence electrons. The fraction of sp³-hybridized carbons (Fsp3) is 0.143. The van der Waals surface area contributed by atoms with Gasteiger partial charge in [0.25, 0.3) is 0 Å². The van der Waals surface area contributed by atoms with Gasteiger partial charge in [-0.25, -0.2) is 0 Å². The van der Waals surface area contributed by atoms with Crippen LogP contribution in [0.2, 0.25) is 0 Å². The molecular weight excluding hydrogens is 216 g/mol. The Balaban J connectivity index is 2.18. The van der Waals surface area contributed by atoms with E-state index in [4.69, 9.17) is 0 Å². The van der Waals surface area contributed by atoms with E-state index >= 15 is 0 Å². The third-order valence-electron chi connectivity index (χ3n) is 2.95. The van der Waals surface area contributed by atoms with Crippen molar-refractivity contribution in [3.05, 3.63) is 65.2 Å². The summed E-state index contributed by atoms with van der Waals surface area (Å²) in [7, 11) is 0. The number of hydrogen-bond donors (Lipinski definition) is 1. The highest BCUT2D eigenvalue weighted by Gasteiger charge is 2.20. The minimum atomic E-state index is -0.484. The van der Waals surface area contributed by atoms with Crippen molar-refractivity contribution in [1.29, 1.82) is 0 Å². The van der Waals surface area contributed by atoms with Crippen LogP contribution >= 0.6 is 11.8 Å². The Morgan fingerprint density at radius 2 is 1.62 bits per heavy atom. The summed E-state index contributed by atoms with van der Waals surface area (Å²) in [6.07, 6.45) is -0.484. The maximum Gasteiger partial charge on any atom is 0.105 e. The number of thioether (sulfide) groups is 1. The molecule has 0 unspecified atom stereocenters. The Hall–Kier alpha value is -1.25. The molecule has 0 bridgehead atoms. The third kappa shape index (κ3) is 1.55. The monoisotopic (exact) mass is 228 g/mol. The van der Waals surface area contributed by atoms with Crippen LogP contribution in [-0.2, 0) is 5.75 Å². The van der Waals surface area contributed by atoms with Crippen LogP contribution in [0.1, 0.15) is 22.8 Å². The number of rotatable bonds is 0. The predicted molar refractivity (Wildman–Crippen MR) is 66.5 cm³/mol. The largest absolute Gasteiger partial charge is 0.384 e. The molecule has 0 spiro atoms. The first-order chi connectivity index (χ1) is 7.86. The van der Waals surface area contributed by atoms with Gasteiger partial charge in [-0.05, 0) is 22.8 Å². The Labute approximate surface area is 99.1 Å². The fourth-order valence-corrected chi connectivity index (χ4v) is 3.19. The van der Waals surface area contributed by atoms with Gasteiger partial charge in [0.2, 0.25) is 0 Å². The summed E-state index contributed by atoms with van der Waals surface area (Å²) in [6, 6.07) is 16.2. The smallest absolute Gasteiger partial charge is 0.105 e. The lowest BCUT2D eigenvalue weighted by atomic mass is 9.98. The van der Waals surface area contributed by atoms with Crippen molar-refractivity contribution in [2.24, 2.45) is 0 Å². The molecule has 0 radical (unpaired) electrons. The molecule has 0 fully saturated rings. The number of fused-ring (bicyclic) bond motifs is 2. The summed E-state index contributed by atoms with van der Waals surface area (Å²) < 4.78 is 0. The highest BCUT2D eigenvalue weighted by molar-refractivity contribution is 7.98. The van der Waals surface area contributed by atoms with Crippen molar-refractivity contribution in [1.82, 2.24) is 0 Å². The average molecular weight is 228 g/mol. The molecule has 0 amide bonds. The molecule has 0 aliphatic carbocycles. The lowest BCUT2D eigenvalue weighted by Gasteiger charge is -2.13. The van der Waals surface area contributed by atoms with Crippen LogP contribution < -0.4 is 0 Å². The Bertz CT molecular complexity index is 474. The second-order valence-electron chi connectivity index (χ2n) is 3.93. The van der Waals surface area contributed by atoms with E-state index < -0.39 is 6.10 Å². The van der Waals surface area contributed by atoms with Gasteiger partial charge in [-0.3, -0.25) is 0 Å². The zero-order valence-corrected chi connectivity index (χ0v) is 9.58. The number of hydrogen-bond acceptors (Lipinski definition) is 2. The molecule has 0 saturated heterocycles. The zero-order chi connectivity index (χ0) is 11.0. The minimum absolute atomic E-state index is 0.484. The maximum atomic E-state index is 10.4. The molecule has 1 N–H and O–H groups in total. The molecule has 1 aliphatic rings. The first-order valence-electron chi connectivity index (χ1n) is 5.34. The summed E-state index contributed by atoms with van der Waals surface area (Å²) in [4.78, 5) is 1.19. The Morgan fingerprint density at radius 1 is 0.938 bits per heavy atom. The van der Waals surface area contributed by atoms with Crippen LogP contribution in [0.5, 0.6) is 0 Å². The quantitative estimate of drug-likeness (QED) is 0.746. The number of aliphatic hydroxyl groups excluding tert-OH is 1. The Morgan fingerprint density at radius 3 is 2.50 bits per heavy atom. The second kappa shape index (κ2) is 3.96. The molecule has 0 saturated carbocycles. The molecule has 2 aromatic carbocycles. The van der Waals surface area contributed by atoms with Crippen LogP contribution in [0.25, 0.3) is 0 Å². The molecule has 2 aromatic rings. The topological polar surface area (TPSA) is 20.2 Å². The second-order valence-corrected chi connectivity index (χ2v) is 4.95. The standard InChI is InChI=1S/C14H12OS/c15-14-11-6-2-1-5-10(11)9-16-13-8-4-3-7-12(13)14/h1-8,14-15H,9H2/t14-/m0/s1. The summed E-state index contributed by atoms with van der Waals surface area (Å²) >= 11 is 1.80. The molecular formula is C14H12OS. The van der Waals surface area contributed by atoms with Crippen LogP contribution in [0.4, 0.5) is 0 Å². The minimum Gasteiger partial charge on any atom is -0.384 e. The van der Waals surface area contributed by atoms with Gasteiger partial charge >= 0.3 is 0 Å². The van der Waals surface area contributed by atoms with Crippen molar-refractivity contribution in [3.63, 3.8) is 0 Å². The van der Waals surface area contributed by atoms with Gasteiger partial charge in [0.1, 0.15) is 6.10 Å². The van der Waals surface area contributed by atoms with Crippen molar-refractivity contribution in [2.75, 3.05) is 0 Å². The van der Waals surface area contributed by atoms with Gasteiger partial charge in [-0.1, -0.05) is 42.5 Å². The van der Waals surface area contributed by atoms with Crippen LogP contribution in [0.3, 0.4) is 0 Å². The maximum absolute atomic E-state index is 10.4. The van der Waals surface area contributed by atoms with Gasteiger partial charge in [0.15, 0.2) is 0 Å². The normalized spacial score (nSPS) is 18.4.